The third-order valence-corrected chi connectivity index (χ3v) is 5.31. The fourth-order valence-electron chi connectivity index (χ4n) is 3.38. The summed E-state index contributed by atoms with van der Waals surface area (Å²) in [7, 11) is 4.06. The van der Waals surface area contributed by atoms with Gasteiger partial charge in [-0.1, -0.05) is 0 Å². The van der Waals surface area contributed by atoms with E-state index in [0.29, 0.717) is 19.0 Å². The summed E-state index contributed by atoms with van der Waals surface area (Å²) in [6.07, 6.45) is 5.99. The zero-order valence-electron chi connectivity index (χ0n) is 16.5. The molecule has 0 bridgehead atoms. The summed E-state index contributed by atoms with van der Waals surface area (Å²) >= 11 is 3.51. The summed E-state index contributed by atoms with van der Waals surface area (Å²) in [5, 5.41) is 3.32. The Hall–Kier alpha value is -1.50. The van der Waals surface area contributed by atoms with E-state index in [1.807, 2.05) is 25.2 Å². The van der Waals surface area contributed by atoms with Gasteiger partial charge in [-0.2, -0.15) is 0 Å². The summed E-state index contributed by atoms with van der Waals surface area (Å²) < 4.78 is 3.18. The van der Waals surface area contributed by atoms with Crippen LogP contribution < -0.4 is 5.32 Å². The second-order valence-corrected chi connectivity index (χ2v) is 7.95. The number of nitrogens with one attached hydrogen (secondary N) is 1. The first-order valence-electron chi connectivity index (χ1n) is 9.52. The van der Waals surface area contributed by atoms with Gasteiger partial charge < -0.3 is 19.7 Å². The first-order valence-corrected chi connectivity index (χ1v) is 10.3. The molecule has 1 aromatic rings. The molecule has 1 unspecified atom stereocenters. The molecule has 1 aromatic heterocycles. The molecule has 1 aliphatic heterocycles. The Morgan fingerprint density at radius 2 is 2.23 bits per heavy atom. The average molecular weight is 426 g/mol. The number of nitrogens with zero attached hydrogens (tertiary/aromatic N) is 4. The molecule has 1 amide bonds. The van der Waals surface area contributed by atoms with Crippen LogP contribution >= 0.6 is 15.9 Å². The Morgan fingerprint density at radius 1 is 1.46 bits per heavy atom. The van der Waals surface area contributed by atoms with E-state index in [0.717, 1.165) is 42.9 Å². The minimum absolute atomic E-state index is 0.228. The van der Waals surface area contributed by atoms with Gasteiger partial charge in [0, 0.05) is 56.0 Å². The second-order valence-electron chi connectivity index (χ2n) is 7.03. The number of halogens is 1. The van der Waals surface area contributed by atoms with E-state index in [4.69, 9.17) is 0 Å². The van der Waals surface area contributed by atoms with E-state index in [1.54, 1.807) is 0 Å². The summed E-state index contributed by atoms with van der Waals surface area (Å²) in [6.45, 7) is 7.18. The van der Waals surface area contributed by atoms with Crippen LogP contribution in [0.15, 0.2) is 21.7 Å². The molecule has 0 aromatic carbocycles. The van der Waals surface area contributed by atoms with Gasteiger partial charge in [-0.15, -0.1) is 0 Å². The molecule has 1 N–H and O–H groups in total. The molecule has 1 saturated heterocycles. The lowest BCUT2D eigenvalue weighted by Gasteiger charge is -2.33. The van der Waals surface area contributed by atoms with Gasteiger partial charge in [0.2, 0.25) is 5.91 Å². The Kier molecular flexibility index (Phi) is 8.00. The van der Waals surface area contributed by atoms with E-state index in [-0.39, 0.29) is 5.91 Å². The number of aliphatic imine (C=N–C) groups is 1. The fourth-order valence-corrected chi connectivity index (χ4v) is 3.95. The highest BCUT2D eigenvalue weighted by Gasteiger charge is 2.22. The van der Waals surface area contributed by atoms with Crippen LogP contribution in [0.5, 0.6) is 0 Å². The molecular formula is C19H32BrN5O. The van der Waals surface area contributed by atoms with Gasteiger partial charge in [0.15, 0.2) is 5.96 Å². The van der Waals surface area contributed by atoms with Gasteiger partial charge in [-0.25, -0.2) is 0 Å². The lowest BCUT2D eigenvalue weighted by molar-refractivity contribution is -0.134. The maximum absolute atomic E-state index is 12.5. The van der Waals surface area contributed by atoms with Crippen molar-refractivity contribution >= 4 is 27.8 Å². The maximum Gasteiger partial charge on any atom is 0.224 e. The summed E-state index contributed by atoms with van der Waals surface area (Å²) in [5.74, 6) is 1.06. The third kappa shape index (κ3) is 5.76. The van der Waals surface area contributed by atoms with Crippen LogP contribution in [-0.2, 0) is 18.4 Å². The predicted octanol–water partition coefficient (Wildman–Crippen LogP) is 2.98. The Bertz CT molecular complexity index is 627. The SMILES string of the molecule is CCNC(=NCCC(=O)N1CCCCC1C)N(C)Cc1cc(Br)cn1C. The molecule has 2 heterocycles. The van der Waals surface area contributed by atoms with Crippen molar-refractivity contribution in [2.75, 3.05) is 26.7 Å². The molecule has 7 heteroatoms. The topological polar surface area (TPSA) is 52.9 Å². The van der Waals surface area contributed by atoms with Crippen LogP contribution in [0.2, 0.25) is 0 Å². The zero-order chi connectivity index (χ0) is 19.1. The Balaban J connectivity index is 1.92. The van der Waals surface area contributed by atoms with Crippen molar-refractivity contribution in [2.24, 2.45) is 12.0 Å². The summed E-state index contributed by atoms with van der Waals surface area (Å²) in [5.41, 5.74) is 1.20. The molecule has 26 heavy (non-hydrogen) atoms. The van der Waals surface area contributed by atoms with Crippen LogP contribution in [0.25, 0.3) is 0 Å². The van der Waals surface area contributed by atoms with Crippen molar-refractivity contribution in [3.8, 4) is 0 Å². The molecule has 0 aliphatic carbocycles. The zero-order valence-corrected chi connectivity index (χ0v) is 18.0. The first kappa shape index (κ1) is 20.8. The lowest BCUT2D eigenvalue weighted by atomic mass is 10.0. The number of aromatic nitrogens is 1. The summed E-state index contributed by atoms with van der Waals surface area (Å²) in [4.78, 5) is 21.3. The van der Waals surface area contributed by atoms with Crippen molar-refractivity contribution in [3.05, 3.63) is 22.4 Å². The highest BCUT2D eigenvalue weighted by molar-refractivity contribution is 9.10. The Labute approximate surface area is 165 Å². The molecule has 146 valence electrons. The molecule has 0 spiro atoms. The van der Waals surface area contributed by atoms with Crippen LogP contribution in [0.4, 0.5) is 0 Å². The van der Waals surface area contributed by atoms with Gasteiger partial charge in [0.25, 0.3) is 0 Å². The van der Waals surface area contributed by atoms with Crippen molar-refractivity contribution in [3.63, 3.8) is 0 Å². The number of likely N-dealkylation sites (tertiary alicyclic amines) is 1. The quantitative estimate of drug-likeness (QED) is 0.562. The minimum atomic E-state index is 0.228. The van der Waals surface area contributed by atoms with Crippen LogP contribution in [-0.4, -0.2) is 59.0 Å². The standard InChI is InChI=1S/C19H32BrN5O/c1-5-21-19(24(4)14-17-12-16(20)13-23(17)3)22-10-9-18(26)25-11-7-6-8-15(25)2/h12-13,15H,5-11,14H2,1-4H3,(H,21,22). The van der Waals surface area contributed by atoms with E-state index in [9.17, 15) is 4.79 Å². The number of rotatable bonds is 6. The minimum Gasteiger partial charge on any atom is -0.357 e. The number of guanidine groups is 1. The third-order valence-electron chi connectivity index (χ3n) is 4.88. The Morgan fingerprint density at radius 3 is 2.85 bits per heavy atom. The molecule has 0 radical (unpaired) electrons. The van der Waals surface area contributed by atoms with E-state index in [2.05, 4.69) is 55.6 Å². The fraction of sp³-hybridized carbons (Fsp3) is 0.684. The number of carbonyl (C=O) groups is 1. The number of aryl methyl sites for hydroxylation is 1. The molecule has 2 rings (SSSR count). The summed E-state index contributed by atoms with van der Waals surface area (Å²) in [6, 6.07) is 2.48. The second kappa shape index (κ2) is 10.00. The number of amides is 1. The van der Waals surface area contributed by atoms with Crippen molar-refractivity contribution in [2.45, 2.75) is 52.1 Å². The largest absolute Gasteiger partial charge is 0.357 e. The van der Waals surface area contributed by atoms with E-state index >= 15 is 0 Å². The number of piperidine rings is 1. The normalized spacial score (nSPS) is 18.1. The van der Waals surface area contributed by atoms with Gasteiger partial charge in [-0.3, -0.25) is 9.79 Å². The van der Waals surface area contributed by atoms with E-state index in [1.165, 1.54) is 12.1 Å². The highest BCUT2D eigenvalue weighted by Crippen LogP contribution is 2.17. The lowest BCUT2D eigenvalue weighted by Crippen LogP contribution is -2.42. The van der Waals surface area contributed by atoms with Gasteiger partial charge in [0.05, 0.1) is 13.1 Å². The van der Waals surface area contributed by atoms with Gasteiger partial charge >= 0.3 is 0 Å². The maximum atomic E-state index is 12.5. The monoisotopic (exact) mass is 425 g/mol. The number of carbonyl (C=O) groups excluding carboxylic acids is 1. The molecule has 1 fully saturated rings. The smallest absolute Gasteiger partial charge is 0.224 e. The van der Waals surface area contributed by atoms with Gasteiger partial charge in [0.1, 0.15) is 0 Å². The molecule has 0 saturated carbocycles. The number of hydrogen-bond donors (Lipinski definition) is 1. The molecular weight excluding hydrogens is 394 g/mol. The highest BCUT2D eigenvalue weighted by atomic mass is 79.9. The van der Waals surface area contributed by atoms with Crippen molar-refractivity contribution in [1.29, 1.82) is 0 Å². The average Bonchev–Trinajstić information content (AvgIpc) is 2.91. The van der Waals surface area contributed by atoms with E-state index < -0.39 is 0 Å². The van der Waals surface area contributed by atoms with Crippen LogP contribution in [0, 0.1) is 0 Å². The van der Waals surface area contributed by atoms with Crippen LogP contribution in [0.3, 0.4) is 0 Å². The molecule has 1 aliphatic rings. The number of hydrogen-bond acceptors (Lipinski definition) is 2. The van der Waals surface area contributed by atoms with Crippen molar-refractivity contribution in [1.82, 2.24) is 19.7 Å². The first-order chi connectivity index (χ1) is 12.4. The van der Waals surface area contributed by atoms with Crippen molar-refractivity contribution < 1.29 is 4.79 Å². The molecule has 6 nitrogen and oxygen atoms in total. The predicted molar refractivity (Wildman–Crippen MR) is 110 cm³/mol. The van der Waals surface area contributed by atoms with Crippen LogP contribution in [0.1, 0.15) is 45.2 Å². The van der Waals surface area contributed by atoms with Gasteiger partial charge in [-0.05, 0) is 55.1 Å². The molecule has 1 atom stereocenters.